The third-order valence-electron chi connectivity index (χ3n) is 1.99. The van der Waals surface area contributed by atoms with Crippen LogP contribution in [0.15, 0.2) is 40.0 Å². The van der Waals surface area contributed by atoms with Crippen LogP contribution in [-0.2, 0) is 9.05 Å². The Hall–Kier alpha value is -1.33. The van der Waals surface area contributed by atoms with Crippen LogP contribution >= 0.6 is 10.7 Å². The highest BCUT2D eigenvalue weighted by Crippen LogP contribution is 2.23. The fourth-order valence-electron chi connectivity index (χ4n) is 1.37. The number of nitrogens with one attached hydrogen (secondary N) is 1. The summed E-state index contributed by atoms with van der Waals surface area (Å²) in [4.78, 5) is 13.5. The lowest BCUT2D eigenvalue weighted by molar-refractivity contribution is 0.610. The molecular formula is C9H6ClNO3S. The van der Waals surface area contributed by atoms with E-state index in [4.69, 9.17) is 10.7 Å². The van der Waals surface area contributed by atoms with Crippen LogP contribution in [-0.4, -0.2) is 13.4 Å². The van der Waals surface area contributed by atoms with Gasteiger partial charge in [0.25, 0.3) is 9.05 Å². The summed E-state index contributed by atoms with van der Waals surface area (Å²) < 4.78 is 22.4. The third-order valence-corrected chi connectivity index (χ3v) is 3.37. The molecule has 0 unspecified atom stereocenters. The van der Waals surface area contributed by atoms with E-state index in [1.807, 2.05) is 0 Å². The molecule has 1 heterocycles. The van der Waals surface area contributed by atoms with Gasteiger partial charge in [0.05, 0.1) is 4.90 Å². The van der Waals surface area contributed by atoms with Crippen LogP contribution in [0.2, 0.25) is 0 Å². The summed E-state index contributed by atoms with van der Waals surface area (Å²) in [5, 5.41) is 0.409. The van der Waals surface area contributed by atoms with E-state index < -0.39 is 9.05 Å². The number of hydrogen-bond acceptors (Lipinski definition) is 3. The van der Waals surface area contributed by atoms with Crippen LogP contribution < -0.4 is 5.56 Å². The number of rotatable bonds is 1. The van der Waals surface area contributed by atoms with Gasteiger partial charge in [-0.2, -0.15) is 0 Å². The SMILES string of the molecule is O=c1ccc2c(S(=O)(=O)Cl)cccc2[nH]1. The molecule has 0 aliphatic heterocycles. The number of pyridine rings is 1. The van der Waals surface area contributed by atoms with Crippen molar-refractivity contribution in [2.24, 2.45) is 0 Å². The Morgan fingerprint density at radius 3 is 2.53 bits per heavy atom. The highest BCUT2D eigenvalue weighted by atomic mass is 35.7. The molecule has 0 bridgehead atoms. The molecule has 0 aliphatic carbocycles. The predicted octanol–water partition coefficient (Wildman–Crippen LogP) is 1.46. The van der Waals surface area contributed by atoms with Gasteiger partial charge < -0.3 is 4.98 Å². The van der Waals surface area contributed by atoms with Crippen LogP contribution in [0, 0.1) is 0 Å². The number of aromatic nitrogens is 1. The highest BCUT2D eigenvalue weighted by molar-refractivity contribution is 8.14. The fraction of sp³-hybridized carbons (Fsp3) is 0. The largest absolute Gasteiger partial charge is 0.322 e. The van der Waals surface area contributed by atoms with E-state index in [1.165, 1.54) is 24.3 Å². The molecule has 0 aliphatic rings. The molecule has 1 aromatic heterocycles. The van der Waals surface area contributed by atoms with E-state index in [0.717, 1.165) is 0 Å². The number of aromatic amines is 1. The van der Waals surface area contributed by atoms with Gasteiger partial charge in [0.2, 0.25) is 5.56 Å². The van der Waals surface area contributed by atoms with Gasteiger partial charge in [0.1, 0.15) is 0 Å². The molecule has 0 atom stereocenters. The average molecular weight is 244 g/mol. The maximum Gasteiger partial charge on any atom is 0.261 e. The first kappa shape index (κ1) is 10.2. The second kappa shape index (κ2) is 3.36. The monoisotopic (exact) mass is 243 g/mol. The molecule has 0 saturated carbocycles. The molecule has 6 heteroatoms. The summed E-state index contributed by atoms with van der Waals surface area (Å²) in [6, 6.07) is 7.22. The first-order chi connectivity index (χ1) is 6.98. The van der Waals surface area contributed by atoms with Crippen molar-refractivity contribution in [3.63, 3.8) is 0 Å². The van der Waals surface area contributed by atoms with Gasteiger partial charge >= 0.3 is 0 Å². The van der Waals surface area contributed by atoms with Crippen LogP contribution in [0.3, 0.4) is 0 Å². The Morgan fingerprint density at radius 2 is 1.87 bits per heavy atom. The zero-order valence-corrected chi connectivity index (χ0v) is 8.97. The van der Waals surface area contributed by atoms with Gasteiger partial charge in [-0.3, -0.25) is 4.79 Å². The van der Waals surface area contributed by atoms with Crippen molar-refractivity contribution in [2.75, 3.05) is 0 Å². The first-order valence-electron chi connectivity index (χ1n) is 4.05. The Labute approximate surface area is 89.9 Å². The molecule has 15 heavy (non-hydrogen) atoms. The van der Waals surface area contributed by atoms with Crippen LogP contribution in [0.4, 0.5) is 0 Å². The number of hydrogen-bond donors (Lipinski definition) is 1. The van der Waals surface area contributed by atoms with E-state index >= 15 is 0 Å². The van der Waals surface area contributed by atoms with E-state index in [-0.39, 0.29) is 10.5 Å². The summed E-state index contributed by atoms with van der Waals surface area (Å²) in [7, 11) is 1.47. The molecule has 0 amide bonds. The standard InChI is InChI=1S/C9H6ClNO3S/c10-15(13,14)8-3-1-2-7-6(8)4-5-9(12)11-7/h1-5H,(H,11,12). The van der Waals surface area contributed by atoms with Crippen molar-refractivity contribution in [1.82, 2.24) is 4.98 Å². The van der Waals surface area contributed by atoms with Gasteiger partial charge in [-0.25, -0.2) is 8.42 Å². The Kier molecular flexibility index (Phi) is 2.28. The Bertz CT molecular complexity index is 675. The lowest BCUT2D eigenvalue weighted by Crippen LogP contribution is -2.03. The van der Waals surface area contributed by atoms with Crippen molar-refractivity contribution in [2.45, 2.75) is 4.90 Å². The van der Waals surface area contributed by atoms with Gasteiger partial charge in [-0.05, 0) is 18.2 Å². The van der Waals surface area contributed by atoms with E-state index in [1.54, 1.807) is 6.07 Å². The Balaban J connectivity index is 2.95. The van der Waals surface area contributed by atoms with E-state index in [0.29, 0.717) is 10.9 Å². The molecule has 1 aromatic carbocycles. The molecule has 78 valence electrons. The summed E-state index contributed by atoms with van der Waals surface area (Å²) in [6.07, 6.45) is 0. The van der Waals surface area contributed by atoms with E-state index in [9.17, 15) is 13.2 Å². The number of halogens is 1. The van der Waals surface area contributed by atoms with Crippen molar-refractivity contribution >= 4 is 30.6 Å². The molecule has 0 saturated heterocycles. The summed E-state index contributed by atoms with van der Waals surface area (Å²) in [5.41, 5.74) is 0.163. The van der Waals surface area contributed by atoms with Crippen LogP contribution in [0.5, 0.6) is 0 Å². The van der Waals surface area contributed by atoms with Gasteiger partial charge in [-0.1, -0.05) is 6.07 Å². The van der Waals surface area contributed by atoms with Crippen LogP contribution in [0.25, 0.3) is 10.9 Å². The van der Waals surface area contributed by atoms with E-state index in [2.05, 4.69) is 4.98 Å². The van der Waals surface area contributed by atoms with Crippen molar-refractivity contribution in [3.05, 3.63) is 40.7 Å². The predicted molar refractivity (Wildman–Crippen MR) is 57.6 cm³/mol. The van der Waals surface area contributed by atoms with Crippen molar-refractivity contribution in [1.29, 1.82) is 0 Å². The lowest BCUT2D eigenvalue weighted by Gasteiger charge is -2.01. The average Bonchev–Trinajstić information content (AvgIpc) is 2.15. The number of benzene rings is 1. The third kappa shape index (κ3) is 1.88. The molecule has 4 nitrogen and oxygen atoms in total. The summed E-state index contributed by atoms with van der Waals surface area (Å²) >= 11 is 0. The lowest BCUT2D eigenvalue weighted by atomic mass is 10.2. The molecule has 1 N–H and O–H groups in total. The zero-order valence-electron chi connectivity index (χ0n) is 7.40. The Morgan fingerprint density at radius 1 is 1.13 bits per heavy atom. The van der Waals surface area contributed by atoms with Crippen LogP contribution in [0.1, 0.15) is 0 Å². The fourth-order valence-corrected chi connectivity index (χ4v) is 2.46. The van der Waals surface area contributed by atoms with Gasteiger partial charge in [0, 0.05) is 27.7 Å². The molecule has 2 rings (SSSR count). The maximum absolute atomic E-state index is 11.2. The quantitative estimate of drug-likeness (QED) is 0.771. The van der Waals surface area contributed by atoms with Crippen molar-refractivity contribution in [3.8, 4) is 0 Å². The highest BCUT2D eigenvalue weighted by Gasteiger charge is 2.13. The van der Waals surface area contributed by atoms with Gasteiger partial charge in [-0.15, -0.1) is 0 Å². The molecule has 0 radical (unpaired) electrons. The summed E-state index contributed by atoms with van der Waals surface area (Å²) in [5.74, 6) is 0. The minimum absolute atomic E-state index is 0.00193. The minimum Gasteiger partial charge on any atom is -0.322 e. The van der Waals surface area contributed by atoms with Gasteiger partial charge in [0.15, 0.2) is 0 Å². The first-order valence-corrected chi connectivity index (χ1v) is 6.36. The maximum atomic E-state index is 11.2. The topological polar surface area (TPSA) is 67.0 Å². The summed E-state index contributed by atoms with van der Waals surface area (Å²) in [6.45, 7) is 0. The molecule has 2 aromatic rings. The zero-order chi connectivity index (χ0) is 11.1. The minimum atomic E-state index is -3.79. The number of H-pyrrole nitrogens is 1. The van der Waals surface area contributed by atoms with Crippen molar-refractivity contribution < 1.29 is 8.42 Å². The molecule has 0 spiro atoms. The second-order valence-corrected chi connectivity index (χ2v) is 5.51. The molecule has 0 fully saturated rings. The normalized spacial score (nSPS) is 11.8. The second-order valence-electron chi connectivity index (χ2n) is 2.98. The molecular weight excluding hydrogens is 238 g/mol. The number of fused-ring (bicyclic) bond motifs is 1. The smallest absolute Gasteiger partial charge is 0.261 e.